The van der Waals surface area contributed by atoms with Crippen molar-refractivity contribution in [3.05, 3.63) is 24.0 Å². The predicted molar refractivity (Wildman–Crippen MR) is 68.2 cm³/mol. The van der Waals surface area contributed by atoms with Crippen LogP contribution in [-0.4, -0.2) is 20.1 Å². The third kappa shape index (κ3) is 1.88. The predicted octanol–water partition coefficient (Wildman–Crippen LogP) is 2.78. The highest BCUT2D eigenvalue weighted by atomic mass is 15.3. The summed E-state index contributed by atoms with van der Waals surface area (Å²) >= 11 is 0. The molecule has 1 fully saturated rings. The van der Waals surface area contributed by atoms with Gasteiger partial charge in [-0.3, -0.25) is 0 Å². The van der Waals surface area contributed by atoms with Gasteiger partial charge in [0.25, 0.3) is 0 Å². The van der Waals surface area contributed by atoms with E-state index in [-0.39, 0.29) is 5.54 Å². The van der Waals surface area contributed by atoms with Crippen LogP contribution in [0, 0.1) is 6.92 Å². The maximum absolute atomic E-state index is 4.28. The molecule has 17 heavy (non-hydrogen) atoms. The zero-order chi connectivity index (χ0) is 11.9. The number of rotatable bonds is 2. The van der Waals surface area contributed by atoms with Crippen molar-refractivity contribution in [2.45, 2.75) is 45.1 Å². The molecule has 0 aromatic carbocycles. The summed E-state index contributed by atoms with van der Waals surface area (Å²) in [6, 6.07) is 4.19. The Bertz CT molecular complexity index is 537. The quantitative estimate of drug-likeness (QED) is 0.862. The minimum Gasteiger partial charge on any atom is -0.365 e. The van der Waals surface area contributed by atoms with E-state index in [1.165, 1.54) is 31.2 Å². The van der Waals surface area contributed by atoms with Crippen molar-refractivity contribution in [3.8, 4) is 0 Å². The molecule has 0 unspecified atom stereocenters. The maximum atomic E-state index is 4.28. The third-order valence-corrected chi connectivity index (χ3v) is 3.66. The highest BCUT2D eigenvalue weighted by Gasteiger charge is 2.29. The fourth-order valence-electron chi connectivity index (χ4n) is 2.74. The van der Waals surface area contributed by atoms with Gasteiger partial charge in [-0.2, -0.15) is 9.61 Å². The van der Waals surface area contributed by atoms with E-state index in [1.54, 1.807) is 6.33 Å². The number of anilines is 1. The normalized spacial score (nSPS) is 18.7. The van der Waals surface area contributed by atoms with E-state index in [0.29, 0.717) is 0 Å². The van der Waals surface area contributed by atoms with Gasteiger partial charge in [0, 0.05) is 5.54 Å². The van der Waals surface area contributed by atoms with E-state index in [2.05, 4.69) is 41.4 Å². The first-order valence-corrected chi connectivity index (χ1v) is 6.25. The summed E-state index contributed by atoms with van der Waals surface area (Å²) in [6.45, 7) is 4.39. The largest absolute Gasteiger partial charge is 0.365 e. The van der Waals surface area contributed by atoms with Crippen LogP contribution in [0.5, 0.6) is 0 Å². The molecule has 3 rings (SSSR count). The monoisotopic (exact) mass is 230 g/mol. The Morgan fingerprint density at radius 3 is 2.82 bits per heavy atom. The molecule has 0 saturated heterocycles. The van der Waals surface area contributed by atoms with E-state index in [1.807, 2.05) is 4.52 Å². The summed E-state index contributed by atoms with van der Waals surface area (Å²) in [4.78, 5) is 4.25. The Morgan fingerprint density at radius 1 is 1.29 bits per heavy atom. The number of hydrogen-bond acceptors (Lipinski definition) is 3. The van der Waals surface area contributed by atoms with Crippen molar-refractivity contribution in [2.75, 3.05) is 5.32 Å². The number of hydrogen-bond donors (Lipinski definition) is 1. The molecule has 2 heterocycles. The summed E-state index contributed by atoms with van der Waals surface area (Å²) in [5.74, 6) is 1.06. The van der Waals surface area contributed by atoms with Gasteiger partial charge < -0.3 is 5.32 Å². The van der Waals surface area contributed by atoms with E-state index in [4.69, 9.17) is 0 Å². The number of nitrogens with zero attached hydrogens (tertiary/aromatic N) is 3. The van der Waals surface area contributed by atoms with E-state index < -0.39 is 0 Å². The molecule has 0 spiro atoms. The fraction of sp³-hybridized carbons (Fsp3) is 0.538. The molecular weight excluding hydrogens is 212 g/mol. The second-order valence-electron chi connectivity index (χ2n) is 5.34. The van der Waals surface area contributed by atoms with Crippen molar-refractivity contribution in [3.63, 3.8) is 0 Å². The average molecular weight is 230 g/mol. The third-order valence-electron chi connectivity index (χ3n) is 3.66. The Morgan fingerprint density at radius 2 is 2.06 bits per heavy atom. The molecule has 1 aliphatic carbocycles. The van der Waals surface area contributed by atoms with Crippen molar-refractivity contribution in [1.82, 2.24) is 14.6 Å². The minimum absolute atomic E-state index is 0.215. The molecule has 4 heteroatoms. The van der Waals surface area contributed by atoms with Crippen LogP contribution in [0.3, 0.4) is 0 Å². The summed E-state index contributed by atoms with van der Waals surface area (Å²) in [7, 11) is 0. The van der Waals surface area contributed by atoms with E-state index >= 15 is 0 Å². The Labute approximate surface area is 101 Å². The lowest BCUT2D eigenvalue weighted by Gasteiger charge is -2.26. The van der Waals surface area contributed by atoms with Crippen molar-refractivity contribution in [2.24, 2.45) is 0 Å². The van der Waals surface area contributed by atoms with E-state index in [0.717, 1.165) is 11.5 Å². The van der Waals surface area contributed by atoms with Crippen LogP contribution in [0.4, 0.5) is 5.82 Å². The van der Waals surface area contributed by atoms with Crippen LogP contribution in [-0.2, 0) is 0 Å². The summed E-state index contributed by atoms with van der Waals surface area (Å²) < 4.78 is 1.89. The smallest absolute Gasteiger partial charge is 0.157 e. The lowest BCUT2D eigenvalue weighted by Crippen LogP contribution is -2.31. The van der Waals surface area contributed by atoms with Gasteiger partial charge in [-0.25, -0.2) is 4.98 Å². The number of fused-ring (bicyclic) bond motifs is 1. The van der Waals surface area contributed by atoms with Gasteiger partial charge in [-0.05, 0) is 44.4 Å². The van der Waals surface area contributed by atoms with Gasteiger partial charge in [-0.1, -0.05) is 12.8 Å². The summed E-state index contributed by atoms with van der Waals surface area (Å²) in [5.41, 5.74) is 2.34. The average Bonchev–Trinajstić information content (AvgIpc) is 2.86. The molecule has 1 N–H and O–H groups in total. The van der Waals surface area contributed by atoms with Gasteiger partial charge in [0.2, 0.25) is 0 Å². The zero-order valence-electron chi connectivity index (χ0n) is 10.4. The second kappa shape index (κ2) is 3.72. The Hall–Kier alpha value is -1.58. The highest BCUT2D eigenvalue weighted by molar-refractivity contribution is 5.52. The number of pyridine rings is 1. The standard InChI is InChI=1S/C13H18N4/c1-10-7-11-14-9-15-17(11)12(8-10)16-13(2)5-3-4-6-13/h7-9,16H,3-6H2,1-2H3. The van der Waals surface area contributed by atoms with Gasteiger partial charge in [-0.15, -0.1) is 0 Å². The molecule has 90 valence electrons. The lowest BCUT2D eigenvalue weighted by atomic mass is 10.0. The molecule has 0 radical (unpaired) electrons. The van der Waals surface area contributed by atoms with E-state index in [9.17, 15) is 0 Å². The van der Waals surface area contributed by atoms with Crippen molar-refractivity contribution < 1.29 is 0 Å². The van der Waals surface area contributed by atoms with Gasteiger partial charge >= 0.3 is 0 Å². The molecule has 2 aromatic rings. The maximum Gasteiger partial charge on any atom is 0.157 e. The molecule has 0 atom stereocenters. The molecule has 1 aliphatic rings. The minimum atomic E-state index is 0.215. The van der Waals surface area contributed by atoms with Crippen LogP contribution in [0.25, 0.3) is 5.65 Å². The molecular formula is C13H18N4. The highest BCUT2D eigenvalue weighted by Crippen LogP contribution is 2.32. The van der Waals surface area contributed by atoms with Crippen LogP contribution < -0.4 is 5.32 Å². The molecule has 0 bridgehead atoms. The Kier molecular flexibility index (Phi) is 2.31. The first-order valence-electron chi connectivity index (χ1n) is 6.25. The number of aryl methyl sites for hydroxylation is 1. The van der Waals surface area contributed by atoms with Crippen LogP contribution in [0.2, 0.25) is 0 Å². The van der Waals surface area contributed by atoms with Gasteiger partial charge in [0.1, 0.15) is 12.1 Å². The molecule has 4 nitrogen and oxygen atoms in total. The van der Waals surface area contributed by atoms with Gasteiger partial charge in [0.05, 0.1) is 0 Å². The zero-order valence-corrected chi connectivity index (χ0v) is 10.4. The Balaban J connectivity index is 2.01. The molecule has 2 aromatic heterocycles. The SMILES string of the molecule is Cc1cc(NC2(C)CCCC2)n2ncnc2c1. The van der Waals surface area contributed by atoms with Crippen LogP contribution in [0.15, 0.2) is 18.5 Å². The van der Waals surface area contributed by atoms with Crippen LogP contribution in [0.1, 0.15) is 38.2 Å². The fourth-order valence-corrected chi connectivity index (χ4v) is 2.74. The van der Waals surface area contributed by atoms with Crippen molar-refractivity contribution >= 4 is 11.5 Å². The van der Waals surface area contributed by atoms with Crippen molar-refractivity contribution in [1.29, 1.82) is 0 Å². The first kappa shape index (κ1) is 10.6. The van der Waals surface area contributed by atoms with Crippen LogP contribution >= 0.6 is 0 Å². The number of nitrogens with one attached hydrogen (secondary N) is 1. The topological polar surface area (TPSA) is 42.2 Å². The second-order valence-corrected chi connectivity index (χ2v) is 5.34. The molecule has 0 aliphatic heterocycles. The summed E-state index contributed by atoms with van der Waals surface area (Å²) in [6.07, 6.45) is 6.71. The molecule has 0 amide bonds. The number of aromatic nitrogens is 3. The molecule has 1 saturated carbocycles. The summed E-state index contributed by atoms with van der Waals surface area (Å²) in [5, 5.41) is 7.92. The lowest BCUT2D eigenvalue weighted by molar-refractivity contribution is 0.528. The first-order chi connectivity index (χ1) is 8.16. The van der Waals surface area contributed by atoms with Gasteiger partial charge in [0.15, 0.2) is 5.65 Å².